The number of benzene rings is 6. The van der Waals surface area contributed by atoms with E-state index in [0.29, 0.717) is 50.5 Å². The zero-order valence-electron chi connectivity index (χ0n) is 53.6. The maximum atomic E-state index is 12.4. The van der Waals surface area contributed by atoms with Gasteiger partial charge in [0.15, 0.2) is 0 Å². The first-order valence-corrected chi connectivity index (χ1v) is 23.3. The normalized spacial score (nSPS) is 16.2. The standard InChI is InChI=1S/C63H71N3O/c1-37(2)45-34-53(40(7)8)60(67)54(35-45)61-65-59-52(20-17-21-57(59)66(61)56-27-24-44(30-41(56)9)58-50(38(3)4)18-16-19-51(58)39(5)6)46-31-47(33-49(32-46)63(13,14)15)55-36-43(28-29-64-55)42-22-25-48(26-23-42)62(10,11)12/h16-40,67H,1-15H3/i9D3,10D3,11D3,12D3,38D. The molecule has 0 radical (unpaired) electrons. The first-order valence-electron chi connectivity index (χ1n) is 29.8. The maximum absolute atomic E-state index is 12.4. The van der Waals surface area contributed by atoms with Gasteiger partial charge in [0.25, 0.3) is 0 Å². The largest absolute Gasteiger partial charge is 0.507 e. The highest BCUT2D eigenvalue weighted by molar-refractivity contribution is 5.97. The number of nitrogens with zero attached hydrogens (tertiary/aromatic N) is 3. The number of rotatable bonds is 10. The molecule has 2 heterocycles. The van der Waals surface area contributed by atoms with Crippen LogP contribution in [0.2, 0.25) is 0 Å². The molecule has 0 saturated heterocycles. The molecule has 0 saturated carbocycles. The Morgan fingerprint density at radius 1 is 0.582 bits per heavy atom. The van der Waals surface area contributed by atoms with Crippen LogP contribution in [0.4, 0.5) is 0 Å². The van der Waals surface area contributed by atoms with E-state index in [1.54, 1.807) is 18.3 Å². The summed E-state index contributed by atoms with van der Waals surface area (Å²) >= 11 is 0. The summed E-state index contributed by atoms with van der Waals surface area (Å²) in [6.07, 6.45) is 1.64. The fraction of sp³-hybridized carbons (Fsp3) is 0.333. The number of pyridine rings is 1. The van der Waals surface area contributed by atoms with Gasteiger partial charge in [0.1, 0.15) is 11.6 Å². The minimum atomic E-state index is -3.40. The fourth-order valence-electron chi connectivity index (χ4n) is 9.10. The summed E-state index contributed by atoms with van der Waals surface area (Å²) in [5.41, 5.74) is 8.18. The molecule has 0 fully saturated rings. The number of hydrogen-bond acceptors (Lipinski definition) is 3. The van der Waals surface area contributed by atoms with Crippen molar-refractivity contribution < 1.29 is 22.9 Å². The van der Waals surface area contributed by atoms with Gasteiger partial charge >= 0.3 is 0 Å². The molecular weight excluding hydrogens is 815 g/mol. The molecule has 0 unspecified atom stereocenters. The number of hydrogen-bond donors (Lipinski definition) is 1. The lowest BCUT2D eigenvalue weighted by atomic mass is 9.83. The molecule has 4 heteroatoms. The molecule has 2 aromatic heterocycles. The number of imidazole rings is 1. The van der Waals surface area contributed by atoms with Crippen molar-refractivity contribution in [2.45, 2.75) is 138 Å². The van der Waals surface area contributed by atoms with Crippen LogP contribution in [0.3, 0.4) is 0 Å². The number of para-hydroxylation sites is 1. The Morgan fingerprint density at radius 2 is 1.27 bits per heavy atom. The van der Waals surface area contributed by atoms with E-state index < -0.39 is 38.7 Å². The summed E-state index contributed by atoms with van der Waals surface area (Å²) in [6.45, 7) is 9.57. The first-order chi connectivity index (χ1) is 36.9. The van der Waals surface area contributed by atoms with Crippen molar-refractivity contribution in [3.8, 4) is 67.5 Å². The zero-order chi connectivity index (χ0) is 59.2. The molecule has 67 heavy (non-hydrogen) atoms. The van der Waals surface area contributed by atoms with Gasteiger partial charge in [-0.1, -0.05) is 170 Å². The fourth-order valence-corrected chi connectivity index (χ4v) is 9.10. The summed E-state index contributed by atoms with van der Waals surface area (Å²) in [7, 11) is 0. The predicted molar refractivity (Wildman–Crippen MR) is 286 cm³/mol. The predicted octanol–water partition coefficient (Wildman–Crippen LogP) is 17.9. The zero-order valence-corrected chi connectivity index (χ0v) is 40.6. The Kier molecular flexibility index (Phi) is 8.98. The van der Waals surface area contributed by atoms with Crippen LogP contribution in [0.15, 0.2) is 128 Å². The van der Waals surface area contributed by atoms with E-state index in [1.165, 1.54) is 24.3 Å². The molecule has 0 amide bonds. The molecule has 0 aliphatic rings. The van der Waals surface area contributed by atoms with E-state index in [1.807, 2.05) is 105 Å². The van der Waals surface area contributed by atoms with Crippen molar-refractivity contribution >= 4 is 11.0 Å². The topological polar surface area (TPSA) is 50.9 Å². The second-order valence-electron chi connectivity index (χ2n) is 20.2. The summed E-state index contributed by atoms with van der Waals surface area (Å²) in [5.74, 6) is -0.524. The lowest BCUT2D eigenvalue weighted by Crippen LogP contribution is -2.11. The number of aryl methyl sites for hydroxylation is 1. The smallest absolute Gasteiger partial charge is 0.149 e. The minimum absolute atomic E-state index is 0.0477. The van der Waals surface area contributed by atoms with Gasteiger partial charge in [-0.2, -0.15) is 0 Å². The molecule has 0 aliphatic heterocycles. The lowest BCUT2D eigenvalue weighted by Gasteiger charge is -2.22. The van der Waals surface area contributed by atoms with E-state index in [9.17, 15) is 10.6 Å². The quantitative estimate of drug-likeness (QED) is 0.149. The summed E-state index contributed by atoms with van der Waals surface area (Å²) in [4.78, 5) is 10.3. The molecule has 0 bridgehead atoms. The van der Waals surface area contributed by atoms with Crippen LogP contribution in [-0.2, 0) is 10.8 Å². The van der Waals surface area contributed by atoms with Crippen LogP contribution in [0, 0.1) is 6.85 Å². The van der Waals surface area contributed by atoms with Gasteiger partial charge in [-0.05, 0) is 157 Å². The second-order valence-corrected chi connectivity index (χ2v) is 20.2. The van der Waals surface area contributed by atoms with Gasteiger partial charge in [0.2, 0.25) is 0 Å². The molecule has 1 N–H and O–H groups in total. The Bertz CT molecular complexity index is 3590. The van der Waals surface area contributed by atoms with Gasteiger partial charge in [-0.15, -0.1) is 0 Å². The van der Waals surface area contributed by atoms with E-state index >= 15 is 0 Å². The highest BCUT2D eigenvalue weighted by atomic mass is 16.3. The van der Waals surface area contributed by atoms with E-state index in [2.05, 4.69) is 60.6 Å². The average molecular weight is 899 g/mol. The van der Waals surface area contributed by atoms with E-state index in [-0.39, 0.29) is 40.0 Å². The Labute approximate surface area is 419 Å². The van der Waals surface area contributed by atoms with E-state index in [0.717, 1.165) is 50.1 Å². The van der Waals surface area contributed by atoms with Crippen molar-refractivity contribution in [2.75, 3.05) is 0 Å². The van der Waals surface area contributed by atoms with Gasteiger partial charge in [-0.3, -0.25) is 9.55 Å². The van der Waals surface area contributed by atoms with Crippen molar-refractivity contribution in [3.63, 3.8) is 0 Å². The van der Waals surface area contributed by atoms with Crippen molar-refractivity contribution in [1.29, 1.82) is 0 Å². The van der Waals surface area contributed by atoms with Crippen LogP contribution < -0.4 is 0 Å². The maximum Gasteiger partial charge on any atom is 0.149 e. The van der Waals surface area contributed by atoms with Crippen molar-refractivity contribution in [2.24, 2.45) is 0 Å². The molecular formula is C63H71N3O. The monoisotopic (exact) mass is 899 g/mol. The summed E-state index contributed by atoms with van der Waals surface area (Å²) in [5, 5.41) is 12.4. The number of aromatic hydroxyl groups is 1. The van der Waals surface area contributed by atoms with Gasteiger partial charge < -0.3 is 5.11 Å². The summed E-state index contributed by atoms with van der Waals surface area (Å²) < 4.78 is 113. The third-order valence-corrected chi connectivity index (χ3v) is 13.0. The molecule has 8 rings (SSSR count). The van der Waals surface area contributed by atoms with E-state index in [4.69, 9.17) is 22.3 Å². The molecule has 344 valence electrons. The van der Waals surface area contributed by atoms with Crippen LogP contribution in [0.25, 0.3) is 72.7 Å². The Morgan fingerprint density at radius 3 is 1.93 bits per heavy atom. The van der Waals surface area contributed by atoms with Crippen LogP contribution in [-0.4, -0.2) is 19.6 Å². The highest BCUT2D eigenvalue weighted by Gasteiger charge is 2.26. The van der Waals surface area contributed by atoms with Gasteiger partial charge in [0, 0.05) is 35.1 Å². The number of phenolic OH excluding ortho intramolecular Hbond substituents is 1. The minimum Gasteiger partial charge on any atom is -0.507 e. The van der Waals surface area contributed by atoms with Crippen molar-refractivity contribution in [3.05, 3.63) is 166 Å². The Balaban J connectivity index is 1.38. The molecule has 4 nitrogen and oxygen atoms in total. The van der Waals surface area contributed by atoms with Crippen LogP contribution in [0.5, 0.6) is 5.75 Å². The van der Waals surface area contributed by atoms with Crippen LogP contribution >= 0.6 is 0 Å². The summed E-state index contributed by atoms with van der Waals surface area (Å²) in [6, 6.07) is 36.6. The van der Waals surface area contributed by atoms with Crippen molar-refractivity contribution in [1.82, 2.24) is 14.5 Å². The SMILES string of the molecule is [2H]C([2H])([2H])c1cc(-c2c(C(C)C)cccc2C([2H])(C)C)ccc1-n1c(-c2cc(C(C)C)cc(C(C)C)c2O)nc2c(-c3cc(-c4cc(-c5ccc(C(C([2H])([2H])[2H])(C([2H])([2H])[2H])C([2H])([2H])[2H])cc5)ccn4)cc(C(C)(C)C)c3)cccc21. The molecule has 6 aromatic carbocycles. The third-order valence-electron chi connectivity index (χ3n) is 13.0. The van der Waals surface area contributed by atoms with Crippen LogP contribution in [0.1, 0.15) is 177 Å². The number of fused-ring (bicyclic) bond motifs is 1. The molecule has 0 aliphatic carbocycles. The lowest BCUT2D eigenvalue weighted by molar-refractivity contribution is 0.466. The van der Waals surface area contributed by atoms with Gasteiger partial charge in [0.05, 0.1) is 28.0 Å². The highest BCUT2D eigenvalue weighted by Crippen LogP contribution is 2.45. The molecule has 8 aromatic rings. The number of phenols is 1. The second kappa shape index (κ2) is 18.1. The molecule has 0 atom stereocenters. The molecule has 0 spiro atoms. The number of aromatic nitrogens is 3. The Hall–Kier alpha value is -6.26. The third kappa shape index (κ3) is 9.25. The average Bonchev–Trinajstić information content (AvgIpc) is 3.85. The first kappa shape index (κ1) is 33.3. The van der Waals surface area contributed by atoms with Gasteiger partial charge in [-0.25, -0.2) is 4.98 Å².